The van der Waals surface area contributed by atoms with E-state index in [2.05, 4.69) is 15.0 Å². The van der Waals surface area contributed by atoms with Crippen molar-refractivity contribution in [2.45, 2.75) is 23.7 Å². The van der Waals surface area contributed by atoms with E-state index in [1.54, 1.807) is 35.4 Å². The average molecular weight is 439 g/mol. The third kappa shape index (κ3) is 4.88. The maximum atomic E-state index is 12.7. The molecule has 1 N–H and O–H groups in total. The standard InChI is InChI=1S/C22H22N4O4S/c1-31(29,30)17-7-5-15(6-8-17)12-21(28)26-11-9-16(14-26)22-24-19(13-20(27)25-22)18-4-2-3-10-23-18/h2-8,10,13,16H,9,11-12,14H2,1H3,(H,24,25,27). The lowest BCUT2D eigenvalue weighted by Crippen LogP contribution is -2.30. The smallest absolute Gasteiger partial charge is 0.251 e. The first-order chi connectivity index (χ1) is 14.8. The van der Waals surface area contributed by atoms with Crippen molar-refractivity contribution in [2.75, 3.05) is 19.3 Å². The summed E-state index contributed by atoms with van der Waals surface area (Å²) in [4.78, 5) is 38.5. The van der Waals surface area contributed by atoms with Crippen LogP contribution < -0.4 is 5.56 Å². The van der Waals surface area contributed by atoms with E-state index >= 15 is 0 Å². The molecule has 0 bridgehead atoms. The number of aromatic nitrogens is 3. The Bertz CT molecular complexity index is 1250. The summed E-state index contributed by atoms with van der Waals surface area (Å²) in [5, 5.41) is 0. The van der Waals surface area contributed by atoms with Gasteiger partial charge < -0.3 is 9.88 Å². The highest BCUT2D eigenvalue weighted by molar-refractivity contribution is 7.90. The number of nitrogens with one attached hydrogen (secondary N) is 1. The minimum absolute atomic E-state index is 0.0437. The Morgan fingerprint density at radius 3 is 2.61 bits per heavy atom. The molecule has 1 unspecified atom stereocenters. The molecule has 31 heavy (non-hydrogen) atoms. The molecule has 8 nitrogen and oxygen atoms in total. The van der Waals surface area contributed by atoms with Crippen LogP contribution in [0.5, 0.6) is 0 Å². The van der Waals surface area contributed by atoms with E-state index in [-0.39, 0.29) is 28.7 Å². The van der Waals surface area contributed by atoms with Crippen LogP contribution >= 0.6 is 0 Å². The molecule has 1 aromatic carbocycles. The number of amides is 1. The second-order valence-electron chi connectivity index (χ2n) is 7.65. The summed E-state index contributed by atoms with van der Waals surface area (Å²) >= 11 is 0. The van der Waals surface area contributed by atoms with Crippen molar-refractivity contribution >= 4 is 15.7 Å². The van der Waals surface area contributed by atoms with E-state index in [9.17, 15) is 18.0 Å². The van der Waals surface area contributed by atoms with Crippen molar-refractivity contribution in [3.8, 4) is 11.4 Å². The first-order valence-electron chi connectivity index (χ1n) is 9.89. The normalized spacial score (nSPS) is 16.4. The lowest BCUT2D eigenvalue weighted by Gasteiger charge is -2.17. The third-order valence-electron chi connectivity index (χ3n) is 5.32. The van der Waals surface area contributed by atoms with Crippen LogP contribution in [-0.2, 0) is 21.1 Å². The largest absolute Gasteiger partial charge is 0.342 e. The second-order valence-corrected chi connectivity index (χ2v) is 9.66. The zero-order valence-electron chi connectivity index (χ0n) is 17.0. The highest BCUT2D eigenvalue weighted by Gasteiger charge is 2.29. The molecule has 3 heterocycles. The van der Waals surface area contributed by atoms with Gasteiger partial charge in [-0.2, -0.15) is 0 Å². The average Bonchev–Trinajstić information content (AvgIpc) is 3.24. The predicted molar refractivity (Wildman–Crippen MR) is 115 cm³/mol. The summed E-state index contributed by atoms with van der Waals surface area (Å²) < 4.78 is 23.1. The van der Waals surface area contributed by atoms with Crippen LogP contribution in [0.25, 0.3) is 11.4 Å². The Morgan fingerprint density at radius 1 is 1.16 bits per heavy atom. The van der Waals surface area contributed by atoms with Crippen molar-refractivity contribution in [2.24, 2.45) is 0 Å². The van der Waals surface area contributed by atoms with Gasteiger partial charge in [0.25, 0.3) is 5.56 Å². The Kier molecular flexibility index (Phi) is 5.69. The van der Waals surface area contributed by atoms with Crippen LogP contribution in [0, 0.1) is 0 Å². The van der Waals surface area contributed by atoms with E-state index in [0.29, 0.717) is 36.7 Å². The molecule has 1 aliphatic heterocycles. The van der Waals surface area contributed by atoms with Gasteiger partial charge in [0.1, 0.15) is 5.82 Å². The van der Waals surface area contributed by atoms with E-state index in [0.717, 1.165) is 11.8 Å². The zero-order valence-corrected chi connectivity index (χ0v) is 17.8. The number of H-pyrrole nitrogens is 1. The van der Waals surface area contributed by atoms with E-state index in [1.807, 2.05) is 6.07 Å². The summed E-state index contributed by atoms with van der Waals surface area (Å²) in [6, 6.07) is 13.2. The fourth-order valence-corrected chi connectivity index (χ4v) is 4.30. The van der Waals surface area contributed by atoms with Crippen LogP contribution in [0.3, 0.4) is 0 Å². The van der Waals surface area contributed by atoms with Gasteiger partial charge in [0, 0.05) is 37.5 Å². The molecular weight excluding hydrogens is 416 g/mol. The number of hydrogen-bond acceptors (Lipinski definition) is 6. The molecule has 0 spiro atoms. The Labute approximate surface area is 179 Å². The van der Waals surface area contributed by atoms with Crippen molar-refractivity contribution in [3.05, 3.63) is 76.5 Å². The minimum Gasteiger partial charge on any atom is -0.342 e. The van der Waals surface area contributed by atoms with Gasteiger partial charge >= 0.3 is 0 Å². The molecule has 1 amide bonds. The van der Waals surface area contributed by atoms with Crippen molar-refractivity contribution in [1.29, 1.82) is 0 Å². The highest BCUT2D eigenvalue weighted by atomic mass is 32.2. The second kappa shape index (κ2) is 8.43. The first-order valence-corrected chi connectivity index (χ1v) is 11.8. The predicted octanol–water partition coefficient (Wildman–Crippen LogP) is 1.79. The molecule has 1 saturated heterocycles. The number of pyridine rings is 1. The molecule has 160 valence electrons. The molecule has 3 aromatic rings. The molecule has 0 saturated carbocycles. The highest BCUT2D eigenvalue weighted by Crippen LogP contribution is 2.26. The van der Waals surface area contributed by atoms with Gasteiger partial charge in [0.05, 0.1) is 22.7 Å². The number of likely N-dealkylation sites (tertiary alicyclic amines) is 1. The lowest BCUT2D eigenvalue weighted by atomic mass is 10.1. The van der Waals surface area contributed by atoms with Crippen LogP contribution in [0.2, 0.25) is 0 Å². The fourth-order valence-electron chi connectivity index (χ4n) is 3.67. The summed E-state index contributed by atoms with van der Waals surface area (Å²) in [6.45, 7) is 1.04. The van der Waals surface area contributed by atoms with Crippen LogP contribution in [-0.4, -0.2) is 53.5 Å². The maximum Gasteiger partial charge on any atom is 0.251 e. The summed E-state index contributed by atoms with van der Waals surface area (Å²) in [5.74, 6) is 0.451. The SMILES string of the molecule is CS(=O)(=O)c1ccc(CC(=O)N2CCC(c3nc(-c4ccccn4)cc(=O)[nH]3)C2)cc1. The van der Waals surface area contributed by atoms with Gasteiger partial charge in [-0.15, -0.1) is 0 Å². The molecule has 9 heteroatoms. The first kappa shape index (κ1) is 20.9. The van der Waals surface area contributed by atoms with Crippen molar-refractivity contribution in [1.82, 2.24) is 19.9 Å². The van der Waals surface area contributed by atoms with Crippen molar-refractivity contribution < 1.29 is 13.2 Å². The minimum atomic E-state index is -3.26. The van der Waals surface area contributed by atoms with E-state index in [1.165, 1.54) is 18.2 Å². The number of aromatic amines is 1. The number of rotatable bonds is 5. The van der Waals surface area contributed by atoms with Crippen molar-refractivity contribution in [3.63, 3.8) is 0 Å². The van der Waals surface area contributed by atoms with Gasteiger partial charge in [0.2, 0.25) is 5.91 Å². The number of sulfone groups is 1. The Morgan fingerprint density at radius 2 is 1.94 bits per heavy atom. The molecular formula is C22H22N4O4S. The number of nitrogens with zero attached hydrogens (tertiary/aromatic N) is 3. The van der Waals surface area contributed by atoms with Crippen LogP contribution in [0.4, 0.5) is 0 Å². The molecule has 0 aliphatic carbocycles. The summed E-state index contributed by atoms with van der Waals surface area (Å²) in [6.07, 6.45) is 3.69. The van der Waals surface area contributed by atoms with Crippen LogP contribution in [0.1, 0.15) is 23.7 Å². The fraction of sp³-hybridized carbons (Fsp3) is 0.273. The van der Waals surface area contributed by atoms with Gasteiger partial charge in [-0.3, -0.25) is 14.6 Å². The van der Waals surface area contributed by atoms with E-state index in [4.69, 9.17) is 0 Å². The number of carbonyl (C=O) groups is 1. The molecule has 1 fully saturated rings. The van der Waals surface area contributed by atoms with Gasteiger partial charge in [-0.25, -0.2) is 13.4 Å². The molecule has 2 aromatic heterocycles. The Balaban J connectivity index is 1.45. The maximum absolute atomic E-state index is 12.7. The van der Waals surface area contributed by atoms with Gasteiger partial charge in [0.15, 0.2) is 9.84 Å². The number of hydrogen-bond donors (Lipinski definition) is 1. The summed E-state index contributed by atoms with van der Waals surface area (Å²) in [5.41, 5.74) is 1.64. The van der Waals surface area contributed by atoms with Crippen LogP contribution in [0.15, 0.2) is 64.4 Å². The molecule has 1 aliphatic rings. The quantitative estimate of drug-likeness (QED) is 0.650. The number of benzene rings is 1. The molecule has 1 atom stereocenters. The topological polar surface area (TPSA) is 113 Å². The van der Waals surface area contributed by atoms with Gasteiger partial charge in [-0.05, 0) is 36.2 Å². The van der Waals surface area contributed by atoms with Gasteiger partial charge in [-0.1, -0.05) is 18.2 Å². The monoisotopic (exact) mass is 438 g/mol. The summed E-state index contributed by atoms with van der Waals surface area (Å²) in [7, 11) is -3.26. The molecule has 0 radical (unpaired) electrons. The lowest BCUT2D eigenvalue weighted by molar-refractivity contribution is -0.129. The third-order valence-corrected chi connectivity index (χ3v) is 6.45. The molecule has 4 rings (SSSR count). The number of carbonyl (C=O) groups excluding carboxylic acids is 1. The zero-order chi connectivity index (χ0) is 22.0. The van der Waals surface area contributed by atoms with E-state index < -0.39 is 9.84 Å². The Hall–Kier alpha value is -3.33.